The molecule has 2 heterocycles. The molecule has 3 rings (SSSR count). The maximum absolute atomic E-state index is 12.7. The first-order valence-electron chi connectivity index (χ1n) is 9.68. The second kappa shape index (κ2) is 8.14. The number of aryl methyl sites for hydroxylation is 1. The van der Waals surface area contributed by atoms with Crippen LogP contribution in [0.1, 0.15) is 37.0 Å². The normalized spacial score (nSPS) is 15.4. The SMILES string of the molecule is Cc1cc(C(=O)Nc2ccc(N3CCN(C)CC3)cc2)nc(NC(C)(C)C)n1. The fourth-order valence-electron chi connectivity index (χ4n) is 3.09. The molecule has 7 heteroatoms. The molecule has 1 aliphatic rings. The van der Waals surface area contributed by atoms with Crippen LogP contribution in [0.4, 0.5) is 17.3 Å². The molecule has 2 aromatic rings. The monoisotopic (exact) mass is 382 g/mol. The van der Waals surface area contributed by atoms with Crippen molar-refractivity contribution in [1.82, 2.24) is 14.9 Å². The number of aromatic nitrogens is 2. The Morgan fingerprint density at radius 3 is 2.29 bits per heavy atom. The van der Waals surface area contributed by atoms with E-state index in [9.17, 15) is 4.79 Å². The van der Waals surface area contributed by atoms with Crippen molar-refractivity contribution in [2.45, 2.75) is 33.2 Å². The van der Waals surface area contributed by atoms with Gasteiger partial charge in [0.05, 0.1) is 0 Å². The molecule has 1 saturated heterocycles. The van der Waals surface area contributed by atoms with E-state index in [4.69, 9.17) is 0 Å². The lowest BCUT2D eigenvalue weighted by Gasteiger charge is -2.34. The van der Waals surface area contributed by atoms with Crippen LogP contribution in [0.3, 0.4) is 0 Å². The summed E-state index contributed by atoms with van der Waals surface area (Å²) < 4.78 is 0. The van der Waals surface area contributed by atoms with Crippen LogP contribution in [0.5, 0.6) is 0 Å². The third-order valence-electron chi connectivity index (χ3n) is 4.57. The highest BCUT2D eigenvalue weighted by molar-refractivity contribution is 6.03. The number of benzene rings is 1. The first kappa shape index (κ1) is 20.1. The van der Waals surface area contributed by atoms with Gasteiger partial charge in [0.15, 0.2) is 0 Å². The Balaban J connectivity index is 1.67. The number of likely N-dealkylation sites (N-methyl/N-ethyl adjacent to an activating group) is 1. The minimum Gasteiger partial charge on any atom is -0.369 e. The van der Waals surface area contributed by atoms with Gasteiger partial charge in [-0.3, -0.25) is 4.79 Å². The zero-order chi connectivity index (χ0) is 20.3. The standard InChI is InChI=1S/C21H30N6O/c1-15-14-18(24-20(22-15)25-21(2,3)4)19(28)23-16-6-8-17(9-7-16)27-12-10-26(5)11-13-27/h6-9,14H,10-13H2,1-5H3,(H,23,28)(H,22,24,25). The van der Waals surface area contributed by atoms with Crippen molar-refractivity contribution in [1.29, 1.82) is 0 Å². The Morgan fingerprint density at radius 2 is 1.68 bits per heavy atom. The van der Waals surface area contributed by atoms with Crippen LogP contribution in [0, 0.1) is 6.92 Å². The van der Waals surface area contributed by atoms with Gasteiger partial charge < -0.3 is 20.4 Å². The van der Waals surface area contributed by atoms with Gasteiger partial charge in [-0.1, -0.05) is 0 Å². The number of nitrogens with zero attached hydrogens (tertiary/aromatic N) is 4. The number of amides is 1. The molecule has 28 heavy (non-hydrogen) atoms. The molecule has 0 spiro atoms. The minimum absolute atomic E-state index is 0.180. The molecule has 1 aliphatic heterocycles. The van der Waals surface area contributed by atoms with Crippen LogP contribution in [-0.2, 0) is 0 Å². The van der Waals surface area contributed by atoms with Crippen molar-refractivity contribution in [3.63, 3.8) is 0 Å². The summed E-state index contributed by atoms with van der Waals surface area (Å²) in [4.78, 5) is 26.1. The molecule has 0 saturated carbocycles. The maximum atomic E-state index is 12.7. The summed E-state index contributed by atoms with van der Waals surface area (Å²) in [5, 5.41) is 6.15. The first-order chi connectivity index (χ1) is 13.2. The summed E-state index contributed by atoms with van der Waals surface area (Å²) in [6.45, 7) is 12.1. The maximum Gasteiger partial charge on any atom is 0.274 e. The van der Waals surface area contributed by atoms with Gasteiger partial charge in [-0.25, -0.2) is 9.97 Å². The van der Waals surface area contributed by atoms with Crippen LogP contribution in [0.2, 0.25) is 0 Å². The van der Waals surface area contributed by atoms with Crippen LogP contribution < -0.4 is 15.5 Å². The lowest BCUT2D eigenvalue weighted by molar-refractivity contribution is 0.102. The van der Waals surface area contributed by atoms with Gasteiger partial charge in [-0.2, -0.15) is 0 Å². The first-order valence-corrected chi connectivity index (χ1v) is 9.68. The summed E-state index contributed by atoms with van der Waals surface area (Å²) in [6.07, 6.45) is 0. The zero-order valence-electron chi connectivity index (χ0n) is 17.4. The highest BCUT2D eigenvalue weighted by Gasteiger charge is 2.16. The van der Waals surface area contributed by atoms with Gasteiger partial charge in [0.25, 0.3) is 5.91 Å². The quantitative estimate of drug-likeness (QED) is 0.847. The van der Waals surface area contributed by atoms with Crippen molar-refractivity contribution in [2.24, 2.45) is 0 Å². The van der Waals surface area contributed by atoms with E-state index in [0.717, 1.165) is 37.6 Å². The summed E-state index contributed by atoms with van der Waals surface area (Å²) in [7, 11) is 2.15. The molecule has 150 valence electrons. The summed E-state index contributed by atoms with van der Waals surface area (Å²) in [5.74, 6) is 0.220. The summed E-state index contributed by atoms with van der Waals surface area (Å²) >= 11 is 0. The Labute approximate surface area is 167 Å². The molecule has 0 radical (unpaired) electrons. The molecule has 0 atom stereocenters. The molecule has 1 fully saturated rings. The van der Waals surface area contributed by atoms with Crippen LogP contribution in [0.15, 0.2) is 30.3 Å². The molecular weight excluding hydrogens is 352 g/mol. The third-order valence-corrected chi connectivity index (χ3v) is 4.57. The number of hydrogen-bond acceptors (Lipinski definition) is 6. The Morgan fingerprint density at radius 1 is 1.04 bits per heavy atom. The van der Waals surface area contributed by atoms with E-state index >= 15 is 0 Å². The molecule has 1 aromatic heterocycles. The fraction of sp³-hybridized carbons (Fsp3) is 0.476. The van der Waals surface area contributed by atoms with E-state index in [1.54, 1.807) is 6.07 Å². The van der Waals surface area contributed by atoms with Crippen molar-refractivity contribution in [3.05, 3.63) is 41.7 Å². The molecule has 1 amide bonds. The second-order valence-electron chi connectivity index (χ2n) is 8.38. The number of piperazine rings is 1. The van der Waals surface area contributed by atoms with E-state index in [1.807, 2.05) is 39.8 Å². The van der Waals surface area contributed by atoms with Crippen LogP contribution in [0.25, 0.3) is 0 Å². The number of anilines is 3. The van der Waals surface area contributed by atoms with Crippen molar-refractivity contribution in [2.75, 3.05) is 48.8 Å². The number of rotatable bonds is 4. The molecular formula is C21H30N6O. The highest BCUT2D eigenvalue weighted by Crippen LogP contribution is 2.20. The van der Waals surface area contributed by atoms with E-state index in [2.05, 4.69) is 49.6 Å². The molecule has 2 N–H and O–H groups in total. The van der Waals surface area contributed by atoms with E-state index in [0.29, 0.717) is 11.6 Å². The van der Waals surface area contributed by atoms with Gasteiger partial charge in [-0.15, -0.1) is 0 Å². The summed E-state index contributed by atoms with van der Waals surface area (Å²) in [6, 6.07) is 9.68. The topological polar surface area (TPSA) is 73.4 Å². The second-order valence-corrected chi connectivity index (χ2v) is 8.38. The van der Waals surface area contributed by atoms with Gasteiger partial charge in [0.1, 0.15) is 5.69 Å². The number of carbonyl (C=O) groups excluding carboxylic acids is 1. The predicted octanol–water partition coefficient (Wildman–Crippen LogP) is 3.00. The van der Waals surface area contributed by atoms with Crippen molar-refractivity contribution < 1.29 is 4.79 Å². The molecule has 0 bridgehead atoms. The van der Waals surface area contributed by atoms with Gasteiger partial charge in [0.2, 0.25) is 5.95 Å². The van der Waals surface area contributed by atoms with Crippen molar-refractivity contribution >= 4 is 23.2 Å². The van der Waals surface area contributed by atoms with Crippen LogP contribution >= 0.6 is 0 Å². The van der Waals surface area contributed by atoms with Gasteiger partial charge in [0, 0.05) is 48.8 Å². The Kier molecular flexibility index (Phi) is 5.84. The van der Waals surface area contributed by atoms with Crippen molar-refractivity contribution in [3.8, 4) is 0 Å². The largest absolute Gasteiger partial charge is 0.369 e. The van der Waals surface area contributed by atoms with Gasteiger partial charge in [-0.05, 0) is 65.1 Å². The lowest BCUT2D eigenvalue weighted by Crippen LogP contribution is -2.44. The average molecular weight is 383 g/mol. The number of nitrogens with one attached hydrogen (secondary N) is 2. The smallest absolute Gasteiger partial charge is 0.274 e. The van der Waals surface area contributed by atoms with Crippen LogP contribution in [-0.4, -0.2) is 59.5 Å². The molecule has 1 aromatic carbocycles. The highest BCUT2D eigenvalue weighted by atomic mass is 16.1. The molecule has 0 unspecified atom stereocenters. The fourth-order valence-corrected chi connectivity index (χ4v) is 3.09. The van der Waals surface area contributed by atoms with E-state index < -0.39 is 0 Å². The minimum atomic E-state index is -0.241. The van der Waals surface area contributed by atoms with E-state index in [1.165, 1.54) is 5.69 Å². The lowest BCUT2D eigenvalue weighted by atomic mass is 10.1. The van der Waals surface area contributed by atoms with E-state index in [-0.39, 0.29) is 11.4 Å². The van der Waals surface area contributed by atoms with Gasteiger partial charge >= 0.3 is 0 Å². The Bertz CT molecular complexity index is 820. The molecule has 0 aliphatic carbocycles. The average Bonchev–Trinajstić information content (AvgIpc) is 2.61. The third kappa shape index (κ3) is 5.42. The summed E-state index contributed by atoms with van der Waals surface area (Å²) in [5.41, 5.74) is 2.85. The number of carbonyl (C=O) groups is 1. The predicted molar refractivity (Wildman–Crippen MR) is 114 cm³/mol. The Hall–Kier alpha value is -2.67. The number of hydrogen-bond donors (Lipinski definition) is 2. The molecule has 7 nitrogen and oxygen atoms in total. The zero-order valence-corrected chi connectivity index (χ0v) is 17.4.